The van der Waals surface area contributed by atoms with Gasteiger partial charge in [0.1, 0.15) is 11.9 Å². The minimum absolute atomic E-state index is 0.00219. The monoisotopic (exact) mass is 458 g/mol. The minimum atomic E-state index is 0.00219. The Morgan fingerprint density at radius 2 is 1.55 bits per heavy atom. The predicted octanol–water partition coefficient (Wildman–Crippen LogP) is 8.85. The minimum Gasteiger partial charge on any atom is -0.494 e. The molecule has 0 heterocycles. The molecule has 3 nitrogen and oxygen atoms in total. The molecule has 0 radical (unpaired) electrons. The van der Waals surface area contributed by atoms with Crippen LogP contribution in [0.3, 0.4) is 0 Å². The lowest BCUT2D eigenvalue weighted by atomic mass is 9.82. The summed E-state index contributed by atoms with van der Waals surface area (Å²) in [7, 11) is 0. The molecule has 0 aromatic heterocycles. The maximum atomic E-state index is 12.3. The van der Waals surface area contributed by atoms with Crippen LogP contribution < -0.4 is 4.74 Å². The molecule has 33 heavy (non-hydrogen) atoms. The molecule has 1 saturated carbocycles. The molecule has 1 aromatic rings. The summed E-state index contributed by atoms with van der Waals surface area (Å²) in [6.45, 7) is 9.77. The van der Waals surface area contributed by atoms with Crippen molar-refractivity contribution in [1.82, 2.24) is 0 Å². The maximum Gasteiger partial charge on any atom is 0.306 e. The molecule has 0 N–H and O–H groups in total. The van der Waals surface area contributed by atoms with Crippen LogP contribution in [0.4, 0.5) is 0 Å². The summed E-state index contributed by atoms with van der Waals surface area (Å²) in [5.74, 6) is 2.73. The second-order valence-corrected chi connectivity index (χ2v) is 10.8. The zero-order valence-corrected chi connectivity index (χ0v) is 22.0. The third-order valence-corrected chi connectivity index (χ3v) is 7.08. The van der Waals surface area contributed by atoms with E-state index in [0.717, 1.165) is 56.8 Å². The average molecular weight is 459 g/mol. The Morgan fingerprint density at radius 3 is 2.21 bits per heavy atom. The zero-order valence-electron chi connectivity index (χ0n) is 22.0. The molecule has 2 rings (SSSR count). The third kappa shape index (κ3) is 12.0. The highest BCUT2D eigenvalue weighted by Gasteiger charge is 2.25. The first kappa shape index (κ1) is 27.7. The summed E-state index contributed by atoms with van der Waals surface area (Å²) in [6.07, 6.45) is 16.1. The highest BCUT2D eigenvalue weighted by molar-refractivity contribution is 5.69. The van der Waals surface area contributed by atoms with Crippen LogP contribution in [-0.4, -0.2) is 18.7 Å². The Hall–Kier alpha value is -1.51. The Labute approximate surface area is 204 Å². The largest absolute Gasteiger partial charge is 0.494 e. The number of ether oxygens (including phenoxy) is 2. The first-order valence-electron chi connectivity index (χ1n) is 13.9. The number of hydrogen-bond acceptors (Lipinski definition) is 3. The molecule has 3 heteroatoms. The Morgan fingerprint density at radius 1 is 0.879 bits per heavy atom. The van der Waals surface area contributed by atoms with Crippen molar-refractivity contribution in [2.75, 3.05) is 6.61 Å². The van der Waals surface area contributed by atoms with E-state index in [2.05, 4.69) is 52.0 Å². The molecule has 188 valence electrons. The smallest absolute Gasteiger partial charge is 0.306 e. The molecule has 0 unspecified atom stereocenters. The topological polar surface area (TPSA) is 35.5 Å². The fourth-order valence-electron chi connectivity index (χ4n) is 4.92. The van der Waals surface area contributed by atoms with E-state index in [1.807, 2.05) is 0 Å². The van der Waals surface area contributed by atoms with Crippen molar-refractivity contribution in [3.63, 3.8) is 0 Å². The first-order chi connectivity index (χ1) is 16.0. The SMILES string of the molecule is CCCCCCCCOc1ccc(C2CCC(OC(=O)C[C@@H](C)CCCC(C)C)CC2)cc1. The zero-order chi connectivity index (χ0) is 23.9. The number of esters is 1. The van der Waals surface area contributed by atoms with Crippen LogP contribution in [0.15, 0.2) is 24.3 Å². The quantitative estimate of drug-likeness (QED) is 0.183. The Bertz CT molecular complexity index is 628. The predicted molar refractivity (Wildman–Crippen MR) is 139 cm³/mol. The van der Waals surface area contributed by atoms with E-state index in [0.29, 0.717) is 18.3 Å². The van der Waals surface area contributed by atoms with Gasteiger partial charge in [-0.25, -0.2) is 0 Å². The van der Waals surface area contributed by atoms with Crippen molar-refractivity contribution in [2.24, 2.45) is 11.8 Å². The van der Waals surface area contributed by atoms with E-state index in [4.69, 9.17) is 9.47 Å². The number of unbranched alkanes of at least 4 members (excludes halogenated alkanes) is 5. The lowest BCUT2D eigenvalue weighted by Crippen LogP contribution is -2.24. The molecule has 1 atom stereocenters. The second kappa shape index (κ2) is 16.2. The summed E-state index contributed by atoms with van der Waals surface area (Å²) in [5.41, 5.74) is 1.39. The maximum absolute atomic E-state index is 12.3. The van der Waals surface area contributed by atoms with Gasteiger partial charge in [-0.15, -0.1) is 0 Å². The van der Waals surface area contributed by atoms with Gasteiger partial charge in [-0.1, -0.05) is 91.2 Å². The van der Waals surface area contributed by atoms with Gasteiger partial charge in [0.25, 0.3) is 0 Å². The van der Waals surface area contributed by atoms with Gasteiger partial charge in [0.05, 0.1) is 6.61 Å². The normalized spacial score (nSPS) is 19.4. The standard InChI is InChI=1S/C30H50O3/c1-5-6-7-8-9-10-22-32-28-18-14-26(15-19-28)27-16-20-29(21-17-27)33-30(31)23-25(4)13-11-12-24(2)3/h14-15,18-19,24-25,27,29H,5-13,16-17,20-23H2,1-4H3/t25-,27?,29?/m0/s1. The first-order valence-corrected chi connectivity index (χ1v) is 13.9. The van der Waals surface area contributed by atoms with Gasteiger partial charge < -0.3 is 9.47 Å². The van der Waals surface area contributed by atoms with Crippen LogP contribution in [0.5, 0.6) is 5.75 Å². The van der Waals surface area contributed by atoms with E-state index >= 15 is 0 Å². The molecular weight excluding hydrogens is 408 g/mol. The van der Waals surface area contributed by atoms with Crippen molar-refractivity contribution in [3.8, 4) is 5.75 Å². The molecular formula is C30H50O3. The van der Waals surface area contributed by atoms with Crippen molar-refractivity contribution in [1.29, 1.82) is 0 Å². The molecule has 1 fully saturated rings. The number of rotatable bonds is 16. The van der Waals surface area contributed by atoms with Crippen LogP contribution in [0.1, 0.15) is 129 Å². The summed E-state index contributed by atoms with van der Waals surface area (Å²) in [4.78, 5) is 12.3. The Balaban J connectivity index is 1.61. The van der Waals surface area contributed by atoms with Crippen molar-refractivity contribution < 1.29 is 14.3 Å². The molecule has 0 spiro atoms. The second-order valence-electron chi connectivity index (χ2n) is 10.8. The van der Waals surface area contributed by atoms with E-state index in [-0.39, 0.29) is 12.1 Å². The van der Waals surface area contributed by atoms with Crippen LogP contribution >= 0.6 is 0 Å². The van der Waals surface area contributed by atoms with E-state index in [1.165, 1.54) is 50.5 Å². The lowest BCUT2D eigenvalue weighted by molar-refractivity contribution is -0.151. The third-order valence-electron chi connectivity index (χ3n) is 7.08. The summed E-state index contributed by atoms with van der Waals surface area (Å²) >= 11 is 0. The molecule has 1 aliphatic carbocycles. The summed E-state index contributed by atoms with van der Waals surface area (Å²) < 4.78 is 11.7. The molecule has 1 aromatic carbocycles. The van der Waals surface area contributed by atoms with E-state index < -0.39 is 0 Å². The molecule has 0 saturated heterocycles. The van der Waals surface area contributed by atoms with Gasteiger partial charge >= 0.3 is 5.97 Å². The van der Waals surface area contributed by atoms with Crippen LogP contribution in [0.25, 0.3) is 0 Å². The summed E-state index contributed by atoms with van der Waals surface area (Å²) in [5, 5.41) is 0. The molecule has 1 aliphatic rings. The van der Waals surface area contributed by atoms with Crippen molar-refractivity contribution in [2.45, 2.75) is 130 Å². The van der Waals surface area contributed by atoms with Gasteiger partial charge in [0, 0.05) is 6.42 Å². The highest BCUT2D eigenvalue weighted by Crippen LogP contribution is 2.35. The van der Waals surface area contributed by atoms with Gasteiger partial charge in [-0.05, 0) is 67.6 Å². The number of benzene rings is 1. The number of hydrogen-bond donors (Lipinski definition) is 0. The molecule has 0 amide bonds. The van der Waals surface area contributed by atoms with Gasteiger partial charge in [-0.2, -0.15) is 0 Å². The number of carbonyl (C=O) groups excluding carboxylic acids is 1. The summed E-state index contributed by atoms with van der Waals surface area (Å²) in [6, 6.07) is 8.71. The molecule has 0 bridgehead atoms. The van der Waals surface area contributed by atoms with Gasteiger partial charge in [0.2, 0.25) is 0 Å². The highest BCUT2D eigenvalue weighted by atomic mass is 16.5. The fraction of sp³-hybridized carbons (Fsp3) is 0.767. The molecule has 0 aliphatic heterocycles. The Kier molecular flexibility index (Phi) is 13.6. The van der Waals surface area contributed by atoms with E-state index in [1.54, 1.807) is 0 Å². The lowest BCUT2D eigenvalue weighted by Gasteiger charge is -2.29. The van der Waals surface area contributed by atoms with E-state index in [9.17, 15) is 4.79 Å². The fourth-order valence-corrected chi connectivity index (χ4v) is 4.92. The van der Waals surface area contributed by atoms with Gasteiger partial charge in [0.15, 0.2) is 0 Å². The van der Waals surface area contributed by atoms with Crippen LogP contribution in [0, 0.1) is 11.8 Å². The van der Waals surface area contributed by atoms with Gasteiger partial charge in [-0.3, -0.25) is 4.79 Å². The van der Waals surface area contributed by atoms with Crippen LogP contribution in [0.2, 0.25) is 0 Å². The van der Waals surface area contributed by atoms with Crippen molar-refractivity contribution >= 4 is 5.97 Å². The average Bonchev–Trinajstić information content (AvgIpc) is 2.79. The van der Waals surface area contributed by atoms with Crippen molar-refractivity contribution in [3.05, 3.63) is 29.8 Å². The number of carbonyl (C=O) groups is 1. The van der Waals surface area contributed by atoms with Crippen LogP contribution in [-0.2, 0) is 9.53 Å².